The topological polar surface area (TPSA) is 18.5 Å². The molecule has 1 saturated heterocycles. The molecule has 1 aliphatic heterocycles. The third-order valence-electron chi connectivity index (χ3n) is 3.97. The van der Waals surface area contributed by atoms with Crippen LogP contribution in [0.5, 0.6) is 0 Å². The number of hydrogen-bond acceptors (Lipinski definition) is 3. The maximum absolute atomic E-state index is 3.60. The van der Waals surface area contributed by atoms with Gasteiger partial charge in [0.2, 0.25) is 0 Å². The fourth-order valence-corrected chi connectivity index (χ4v) is 2.44. The van der Waals surface area contributed by atoms with Gasteiger partial charge < -0.3 is 10.2 Å². The van der Waals surface area contributed by atoms with Gasteiger partial charge in [0, 0.05) is 38.3 Å². The first-order valence-corrected chi connectivity index (χ1v) is 6.91. The molecule has 0 aromatic carbocycles. The van der Waals surface area contributed by atoms with E-state index in [1.807, 2.05) is 0 Å². The summed E-state index contributed by atoms with van der Waals surface area (Å²) in [7, 11) is 2.22. The van der Waals surface area contributed by atoms with Crippen molar-refractivity contribution in [2.45, 2.75) is 44.7 Å². The van der Waals surface area contributed by atoms with Crippen molar-refractivity contribution in [1.82, 2.24) is 15.1 Å². The standard InChI is InChI=1S/C13H27N3/c1-12(4-3-7-14-13-5-6-13)16-10-8-15(2)9-11-16/h12-14H,3-11H2,1-2H3. The van der Waals surface area contributed by atoms with Crippen molar-refractivity contribution in [3.63, 3.8) is 0 Å². The van der Waals surface area contributed by atoms with Gasteiger partial charge in [0.05, 0.1) is 0 Å². The first-order chi connectivity index (χ1) is 7.75. The predicted octanol–water partition coefficient (Wildman–Crippen LogP) is 1.15. The van der Waals surface area contributed by atoms with Gasteiger partial charge in [-0.2, -0.15) is 0 Å². The summed E-state index contributed by atoms with van der Waals surface area (Å²) in [6.07, 6.45) is 5.51. The number of likely N-dealkylation sites (N-methyl/N-ethyl adjacent to an activating group) is 1. The third kappa shape index (κ3) is 4.04. The minimum absolute atomic E-state index is 0.773. The Morgan fingerprint density at radius 1 is 1.19 bits per heavy atom. The molecule has 0 bridgehead atoms. The van der Waals surface area contributed by atoms with Crippen LogP contribution in [0, 0.1) is 0 Å². The van der Waals surface area contributed by atoms with Crippen LogP contribution in [0.25, 0.3) is 0 Å². The lowest BCUT2D eigenvalue weighted by atomic mass is 10.1. The summed E-state index contributed by atoms with van der Waals surface area (Å²) in [5.41, 5.74) is 0. The van der Waals surface area contributed by atoms with Gasteiger partial charge in [-0.1, -0.05) is 0 Å². The summed E-state index contributed by atoms with van der Waals surface area (Å²) < 4.78 is 0. The van der Waals surface area contributed by atoms with Crippen LogP contribution in [0.1, 0.15) is 32.6 Å². The maximum Gasteiger partial charge on any atom is 0.0113 e. The minimum Gasteiger partial charge on any atom is -0.314 e. The lowest BCUT2D eigenvalue weighted by Gasteiger charge is -2.36. The molecule has 94 valence electrons. The molecule has 1 heterocycles. The average Bonchev–Trinajstić information content (AvgIpc) is 3.09. The Balaban J connectivity index is 1.53. The molecule has 0 radical (unpaired) electrons. The SMILES string of the molecule is CC(CCCNC1CC1)N1CCN(C)CC1. The third-order valence-corrected chi connectivity index (χ3v) is 3.97. The van der Waals surface area contributed by atoms with E-state index >= 15 is 0 Å². The molecule has 3 heteroatoms. The van der Waals surface area contributed by atoms with Crippen molar-refractivity contribution in [2.75, 3.05) is 39.8 Å². The van der Waals surface area contributed by atoms with Gasteiger partial charge >= 0.3 is 0 Å². The first kappa shape index (κ1) is 12.3. The van der Waals surface area contributed by atoms with E-state index in [1.165, 1.54) is 58.4 Å². The minimum atomic E-state index is 0.773. The number of hydrogen-bond donors (Lipinski definition) is 1. The van der Waals surface area contributed by atoms with Crippen LogP contribution in [0.15, 0.2) is 0 Å². The molecule has 1 unspecified atom stereocenters. The zero-order valence-electron chi connectivity index (χ0n) is 10.9. The number of nitrogens with zero attached hydrogens (tertiary/aromatic N) is 2. The van der Waals surface area contributed by atoms with E-state index in [-0.39, 0.29) is 0 Å². The Morgan fingerprint density at radius 2 is 1.88 bits per heavy atom. The predicted molar refractivity (Wildman–Crippen MR) is 68.8 cm³/mol. The summed E-state index contributed by atoms with van der Waals surface area (Å²) in [5, 5.41) is 3.60. The Morgan fingerprint density at radius 3 is 2.50 bits per heavy atom. The number of piperazine rings is 1. The Kier molecular flexibility index (Phi) is 4.62. The monoisotopic (exact) mass is 225 g/mol. The molecule has 0 amide bonds. The molecular weight excluding hydrogens is 198 g/mol. The second-order valence-electron chi connectivity index (χ2n) is 5.56. The normalized spacial score (nSPS) is 25.9. The molecule has 1 aliphatic carbocycles. The zero-order chi connectivity index (χ0) is 11.4. The fraction of sp³-hybridized carbons (Fsp3) is 1.00. The van der Waals surface area contributed by atoms with E-state index in [4.69, 9.17) is 0 Å². The van der Waals surface area contributed by atoms with Gasteiger partial charge in [-0.3, -0.25) is 4.90 Å². The summed E-state index contributed by atoms with van der Waals surface area (Å²) in [4.78, 5) is 5.08. The molecule has 0 aromatic heterocycles. The lowest BCUT2D eigenvalue weighted by Crippen LogP contribution is -2.48. The van der Waals surface area contributed by atoms with Crippen LogP contribution in [-0.2, 0) is 0 Å². The summed E-state index contributed by atoms with van der Waals surface area (Å²) in [6, 6.07) is 1.65. The van der Waals surface area contributed by atoms with E-state index in [0.717, 1.165) is 12.1 Å². The largest absolute Gasteiger partial charge is 0.314 e. The molecule has 16 heavy (non-hydrogen) atoms. The summed E-state index contributed by atoms with van der Waals surface area (Å²) in [6.45, 7) is 8.61. The van der Waals surface area contributed by atoms with Gasteiger partial charge in [-0.15, -0.1) is 0 Å². The average molecular weight is 225 g/mol. The fourth-order valence-electron chi connectivity index (χ4n) is 2.44. The highest BCUT2D eigenvalue weighted by molar-refractivity contribution is 4.81. The molecule has 3 nitrogen and oxygen atoms in total. The molecule has 2 fully saturated rings. The zero-order valence-corrected chi connectivity index (χ0v) is 10.9. The molecule has 0 aromatic rings. The Bertz CT molecular complexity index is 195. The van der Waals surface area contributed by atoms with Crippen LogP contribution >= 0.6 is 0 Å². The van der Waals surface area contributed by atoms with Crippen molar-refractivity contribution in [3.05, 3.63) is 0 Å². The molecule has 1 atom stereocenters. The van der Waals surface area contributed by atoms with Crippen molar-refractivity contribution in [2.24, 2.45) is 0 Å². The summed E-state index contributed by atoms with van der Waals surface area (Å²) in [5.74, 6) is 0. The van der Waals surface area contributed by atoms with Crippen LogP contribution in [0.4, 0.5) is 0 Å². The van der Waals surface area contributed by atoms with Crippen LogP contribution in [0.3, 0.4) is 0 Å². The molecule has 2 aliphatic rings. The van der Waals surface area contributed by atoms with Crippen molar-refractivity contribution < 1.29 is 0 Å². The lowest BCUT2D eigenvalue weighted by molar-refractivity contribution is 0.113. The van der Waals surface area contributed by atoms with Gasteiger partial charge in [-0.25, -0.2) is 0 Å². The van der Waals surface area contributed by atoms with E-state index in [9.17, 15) is 0 Å². The van der Waals surface area contributed by atoms with Crippen LogP contribution in [0.2, 0.25) is 0 Å². The molecule has 2 rings (SSSR count). The summed E-state index contributed by atoms with van der Waals surface area (Å²) >= 11 is 0. The van der Waals surface area contributed by atoms with Crippen LogP contribution < -0.4 is 5.32 Å². The van der Waals surface area contributed by atoms with Gasteiger partial charge in [0.15, 0.2) is 0 Å². The van der Waals surface area contributed by atoms with E-state index in [2.05, 4.69) is 29.1 Å². The quantitative estimate of drug-likeness (QED) is 0.684. The maximum atomic E-state index is 3.60. The van der Waals surface area contributed by atoms with Gasteiger partial charge in [0.1, 0.15) is 0 Å². The number of nitrogens with one attached hydrogen (secondary N) is 1. The van der Waals surface area contributed by atoms with Crippen molar-refractivity contribution in [1.29, 1.82) is 0 Å². The second-order valence-corrected chi connectivity index (χ2v) is 5.56. The smallest absolute Gasteiger partial charge is 0.0113 e. The van der Waals surface area contributed by atoms with Crippen LogP contribution in [-0.4, -0.2) is 61.7 Å². The molecular formula is C13H27N3. The number of rotatable bonds is 6. The van der Waals surface area contributed by atoms with Crippen molar-refractivity contribution >= 4 is 0 Å². The van der Waals surface area contributed by atoms with E-state index in [1.54, 1.807) is 0 Å². The van der Waals surface area contributed by atoms with Crippen molar-refractivity contribution in [3.8, 4) is 0 Å². The highest BCUT2D eigenvalue weighted by Gasteiger charge is 2.21. The molecule has 0 spiro atoms. The Hall–Kier alpha value is -0.120. The van der Waals surface area contributed by atoms with E-state index < -0.39 is 0 Å². The highest BCUT2D eigenvalue weighted by atomic mass is 15.3. The van der Waals surface area contributed by atoms with E-state index in [0.29, 0.717) is 0 Å². The molecule has 1 N–H and O–H groups in total. The van der Waals surface area contributed by atoms with Gasteiger partial charge in [0.25, 0.3) is 0 Å². The highest BCUT2D eigenvalue weighted by Crippen LogP contribution is 2.18. The Labute approximate surface area is 100 Å². The first-order valence-electron chi connectivity index (χ1n) is 6.91. The molecule has 1 saturated carbocycles. The second kappa shape index (κ2) is 5.99. The van der Waals surface area contributed by atoms with Gasteiger partial charge in [-0.05, 0) is 46.2 Å².